The van der Waals surface area contributed by atoms with Gasteiger partial charge in [0.15, 0.2) is 5.82 Å². The molecule has 0 bridgehead atoms. The van der Waals surface area contributed by atoms with E-state index in [9.17, 15) is 22.8 Å². The second-order valence-electron chi connectivity index (χ2n) is 7.08. The predicted molar refractivity (Wildman–Crippen MR) is 105 cm³/mol. The lowest BCUT2D eigenvalue weighted by Gasteiger charge is -2.22. The number of carbonyl (C=O) groups is 2. The molecule has 0 aliphatic rings. The molecule has 0 aliphatic carbocycles. The van der Waals surface area contributed by atoms with Crippen LogP contribution in [0.1, 0.15) is 30.0 Å². The average molecular weight is 432 g/mol. The minimum Gasteiger partial charge on any atom is -0.340 e. The normalized spacial score (nSPS) is 12.0. The Morgan fingerprint density at radius 1 is 1.03 bits per heavy atom. The lowest BCUT2D eigenvalue weighted by Crippen LogP contribution is -2.47. The third-order valence-electron chi connectivity index (χ3n) is 4.50. The number of nitrogens with one attached hydrogen (secondary N) is 2. The van der Waals surface area contributed by atoms with Crippen LogP contribution in [0.3, 0.4) is 0 Å². The van der Waals surface area contributed by atoms with Crippen LogP contribution in [0.25, 0.3) is 5.69 Å². The number of benzene rings is 2. The van der Waals surface area contributed by atoms with Crippen molar-refractivity contribution in [2.75, 3.05) is 5.32 Å². The third kappa shape index (κ3) is 4.71. The number of nitrogens with zero attached hydrogens (tertiary/aromatic N) is 4. The smallest absolute Gasteiger partial charge is 0.257 e. The van der Waals surface area contributed by atoms with Crippen LogP contribution in [0.5, 0.6) is 0 Å². The number of halogens is 3. The van der Waals surface area contributed by atoms with Crippen molar-refractivity contribution in [3.05, 3.63) is 65.2 Å². The summed E-state index contributed by atoms with van der Waals surface area (Å²) in [5.74, 6) is -4.72. The molecule has 162 valence electrons. The van der Waals surface area contributed by atoms with Crippen molar-refractivity contribution in [1.29, 1.82) is 0 Å². The van der Waals surface area contributed by atoms with Crippen LogP contribution in [-0.2, 0) is 4.79 Å². The first-order valence-electron chi connectivity index (χ1n) is 9.29. The molecule has 2 amide bonds. The first-order chi connectivity index (χ1) is 14.7. The van der Waals surface area contributed by atoms with Crippen molar-refractivity contribution in [2.24, 2.45) is 5.92 Å². The lowest BCUT2D eigenvalue weighted by molar-refractivity contribution is -0.118. The Kier molecular flexibility index (Phi) is 6.33. The Labute approximate surface area is 175 Å². The standard InChI is InChI=1S/C20H19F3N6O2/c1-10(2)18(25-19(30)17-14(22)5-4-6-15(17)23)20(31)24-16-9-12(7-8-13(16)21)29-11(3)26-27-28-29/h4-10,18H,1-3H3,(H,24,31)(H,25,30)/t18-/m0/s1. The Morgan fingerprint density at radius 3 is 2.29 bits per heavy atom. The Morgan fingerprint density at radius 2 is 1.71 bits per heavy atom. The molecule has 1 aromatic heterocycles. The number of aryl methyl sites for hydroxylation is 1. The van der Waals surface area contributed by atoms with Gasteiger partial charge in [-0.1, -0.05) is 19.9 Å². The second kappa shape index (κ2) is 8.94. The molecule has 11 heteroatoms. The van der Waals surface area contributed by atoms with E-state index in [0.717, 1.165) is 24.3 Å². The first-order valence-corrected chi connectivity index (χ1v) is 9.29. The molecule has 1 heterocycles. The number of carbonyl (C=O) groups excluding carboxylic acids is 2. The van der Waals surface area contributed by atoms with Crippen LogP contribution in [0.15, 0.2) is 36.4 Å². The maximum absolute atomic E-state index is 14.3. The molecule has 31 heavy (non-hydrogen) atoms. The van der Waals surface area contributed by atoms with Crippen LogP contribution < -0.4 is 10.6 Å². The van der Waals surface area contributed by atoms with E-state index < -0.39 is 46.8 Å². The second-order valence-corrected chi connectivity index (χ2v) is 7.08. The summed E-state index contributed by atoms with van der Waals surface area (Å²) in [5.41, 5.74) is -0.574. The predicted octanol–water partition coefficient (Wildman–Crippen LogP) is 2.78. The van der Waals surface area contributed by atoms with Crippen molar-refractivity contribution in [3.63, 3.8) is 0 Å². The molecular formula is C20H19F3N6O2. The van der Waals surface area contributed by atoms with Gasteiger partial charge in [0.1, 0.15) is 29.1 Å². The van der Waals surface area contributed by atoms with Gasteiger partial charge in [-0.3, -0.25) is 9.59 Å². The fourth-order valence-electron chi connectivity index (χ4n) is 2.88. The molecule has 0 aliphatic heterocycles. The minimum atomic E-state index is -1.19. The average Bonchev–Trinajstić information content (AvgIpc) is 3.13. The van der Waals surface area contributed by atoms with E-state index in [2.05, 4.69) is 26.2 Å². The van der Waals surface area contributed by atoms with Crippen molar-refractivity contribution in [3.8, 4) is 5.69 Å². The number of amides is 2. The fraction of sp³-hybridized carbons (Fsp3) is 0.250. The number of rotatable bonds is 6. The minimum absolute atomic E-state index is 0.172. The van der Waals surface area contributed by atoms with Crippen LogP contribution in [-0.4, -0.2) is 38.1 Å². The summed E-state index contributed by atoms with van der Waals surface area (Å²) >= 11 is 0. The fourth-order valence-corrected chi connectivity index (χ4v) is 2.88. The Bertz CT molecular complexity index is 1110. The SMILES string of the molecule is Cc1nnnn1-c1ccc(F)c(NC(=O)[C@@H](NC(=O)c2c(F)cccc2F)C(C)C)c1. The molecule has 0 radical (unpaired) electrons. The summed E-state index contributed by atoms with van der Waals surface area (Å²) in [7, 11) is 0. The van der Waals surface area contributed by atoms with Crippen LogP contribution >= 0.6 is 0 Å². The lowest BCUT2D eigenvalue weighted by atomic mass is 10.0. The van der Waals surface area contributed by atoms with Gasteiger partial charge in [-0.25, -0.2) is 13.2 Å². The zero-order valence-corrected chi connectivity index (χ0v) is 16.9. The third-order valence-corrected chi connectivity index (χ3v) is 4.50. The zero-order chi connectivity index (χ0) is 22.7. The molecule has 0 fully saturated rings. The summed E-state index contributed by atoms with van der Waals surface area (Å²) in [5, 5.41) is 15.8. The van der Waals surface area contributed by atoms with Crippen molar-refractivity contribution in [1.82, 2.24) is 25.5 Å². The van der Waals surface area contributed by atoms with Gasteiger partial charge in [0.25, 0.3) is 5.91 Å². The number of tetrazole rings is 1. The molecule has 8 nitrogen and oxygen atoms in total. The molecule has 1 atom stereocenters. The van der Waals surface area contributed by atoms with Crippen LogP contribution in [0, 0.1) is 30.3 Å². The number of hydrogen-bond donors (Lipinski definition) is 2. The van der Waals surface area contributed by atoms with Gasteiger partial charge in [0.2, 0.25) is 5.91 Å². The maximum atomic E-state index is 14.3. The summed E-state index contributed by atoms with van der Waals surface area (Å²) in [6.07, 6.45) is 0. The Hall–Kier alpha value is -3.76. The summed E-state index contributed by atoms with van der Waals surface area (Å²) < 4.78 is 43.4. The van der Waals surface area contributed by atoms with Crippen LogP contribution in [0.4, 0.5) is 18.9 Å². The van der Waals surface area contributed by atoms with Gasteiger partial charge in [-0.2, -0.15) is 4.68 Å². The van der Waals surface area contributed by atoms with Gasteiger partial charge in [0, 0.05) is 0 Å². The van der Waals surface area contributed by atoms with E-state index in [-0.39, 0.29) is 5.69 Å². The highest BCUT2D eigenvalue weighted by Crippen LogP contribution is 2.20. The Balaban J connectivity index is 1.83. The van der Waals surface area contributed by atoms with E-state index >= 15 is 0 Å². The number of aromatic nitrogens is 4. The molecule has 0 saturated carbocycles. The van der Waals surface area contributed by atoms with E-state index in [1.807, 2.05) is 0 Å². The molecule has 2 N–H and O–H groups in total. The van der Waals surface area contributed by atoms with Crippen molar-refractivity contribution >= 4 is 17.5 Å². The first kappa shape index (κ1) is 21.9. The van der Waals surface area contributed by atoms with Gasteiger partial charge >= 0.3 is 0 Å². The van der Waals surface area contributed by atoms with E-state index in [4.69, 9.17) is 0 Å². The van der Waals surface area contributed by atoms with E-state index in [1.165, 1.54) is 16.8 Å². The monoisotopic (exact) mass is 432 g/mol. The molecule has 0 unspecified atom stereocenters. The largest absolute Gasteiger partial charge is 0.340 e. The van der Waals surface area contributed by atoms with E-state index in [0.29, 0.717) is 11.5 Å². The highest BCUT2D eigenvalue weighted by Gasteiger charge is 2.28. The highest BCUT2D eigenvalue weighted by molar-refractivity contribution is 6.01. The summed E-state index contributed by atoms with van der Waals surface area (Å²) in [4.78, 5) is 25.2. The topological polar surface area (TPSA) is 102 Å². The quantitative estimate of drug-likeness (QED) is 0.624. The molecule has 0 spiro atoms. The van der Waals surface area contributed by atoms with Crippen molar-refractivity contribution in [2.45, 2.75) is 26.8 Å². The molecule has 3 rings (SSSR count). The van der Waals surface area contributed by atoms with Crippen LogP contribution in [0.2, 0.25) is 0 Å². The van der Waals surface area contributed by atoms with Gasteiger partial charge in [-0.15, -0.1) is 5.10 Å². The van der Waals surface area contributed by atoms with E-state index in [1.54, 1.807) is 20.8 Å². The highest BCUT2D eigenvalue weighted by atomic mass is 19.1. The molecule has 0 saturated heterocycles. The summed E-state index contributed by atoms with van der Waals surface area (Å²) in [6.45, 7) is 4.90. The molecule has 3 aromatic rings. The molecular weight excluding hydrogens is 413 g/mol. The number of hydrogen-bond acceptors (Lipinski definition) is 5. The molecule has 2 aromatic carbocycles. The van der Waals surface area contributed by atoms with Gasteiger partial charge < -0.3 is 10.6 Å². The number of anilines is 1. The van der Waals surface area contributed by atoms with Gasteiger partial charge in [-0.05, 0) is 53.6 Å². The van der Waals surface area contributed by atoms with Gasteiger partial charge in [0.05, 0.1) is 11.4 Å². The zero-order valence-electron chi connectivity index (χ0n) is 16.9. The summed E-state index contributed by atoms with van der Waals surface area (Å²) in [6, 6.07) is 5.68. The maximum Gasteiger partial charge on any atom is 0.257 e. The van der Waals surface area contributed by atoms with Crippen molar-refractivity contribution < 1.29 is 22.8 Å².